The molecule has 1 nitrogen and oxygen atoms in total. The van der Waals surface area contributed by atoms with Crippen molar-refractivity contribution in [3.05, 3.63) is 28.3 Å². The molecule has 0 aliphatic carbocycles. The van der Waals surface area contributed by atoms with Gasteiger partial charge in [-0.2, -0.15) is 13.2 Å². The fourth-order valence-electron chi connectivity index (χ4n) is 1.08. The van der Waals surface area contributed by atoms with E-state index in [-0.39, 0.29) is 5.69 Å². The first-order valence-corrected chi connectivity index (χ1v) is 4.06. The molecule has 1 aromatic rings. The maximum Gasteiger partial charge on any atom is 0.418 e. The molecule has 0 unspecified atom stereocenters. The van der Waals surface area contributed by atoms with Gasteiger partial charge in [0.1, 0.15) is 0 Å². The van der Waals surface area contributed by atoms with E-state index in [1.54, 1.807) is 0 Å². The maximum atomic E-state index is 12.4. The van der Waals surface area contributed by atoms with Gasteiger partial charge in [0.15, 0.2) is 0 Å². The monoisotopic (exact) mass is 245 g/mol. The zero-order chi connectivity index (χ0) is 11.8. The number of anilines is 1. The molecule has 0 amide bonds. The van der Waals surface area contributed by atoms with Crippen LogP contribution in [0.4, 0.5) is 27.6 Å². The molecule has 2 N–H and O–H groups in total. The number of nitrogen functional groups attached to an aromatic ring is 1. The lowest BCUT2D eigenvalue weighted by Crippen LogP contribution is -2.11. The fourth-order valence-corrected chi connectivity index (χ4v) is 1.36. The molecule has 0 radical (unpaired) electrons. The van der Waals surface area contributed by atoms with Gasteiger partial charge in [-0.1, -0.05) is 17.7 Å². The summed E-state index contributed by atoms with van der Waals surface area (Å²) in [7, 11) is 0. The van der Waals surface area contributed by atoms with Crippen LogP contribution in [-0.2, 0) is 6.18 Å². The lowest BCUT2D eigenvalue weighted by Gasteiger charge is -2.15. The fraction of sp³-hybridized carbons (Fsp3) is 0.250. The Bertz CT molecular complexity index is 374. The van der Waals surface area contributed by atoms with Gasteiger partial charge in [0.25, 0.3) is 6.43 Å². The van der Waals surface area contributed by atoms with Crippen molar-refractivity contribution in [2.75, 3.05) is 5.73 Å². The van der Waals surface area contributed by atoms with Crippen LogP contribution in [0.25, 0.3) is 0 Å². The third-order valence-corrected chi connectivity index (χ3v) is 2.13. The minimum atomic E-state index is -4.95. The Morgan fingerprint density at radius 3 is 2.13 bits per heavy atom. The Labute approximate surface area is 86.6 Å². The first-order chi connectivity index (χ1) is 6.75. The third-order valence-electron chi connectivity index (χ3n) is 1.72. The van der Waals surface area contributed by atoms with Crippen molar-refractivity contribution < 1.29 is 22.0 Å². The highest BCUT2D eigenvalue weighted by Crippen LogP contribution is 2.42. The molecular formula is C8H5ClF5N. The second-order valence-electron chi connectivity index (χ2n) is 2.73. The second kappa shape index (κ2) is 3.84. The Morgan fingerprint density at radius 2 is 1.73 bits per heavy atom. The molecule has 0 aliphatic heterocycles. The van der Waals surface area contributed by atoms with E-state index in [1.165, 1.54) is 0 Å². The molecule has 0 bridgehead atoms. The van der Waals surface area contributed by atoms with Crippen molar-refractivity contribution in [2.24, 2.45) is 0 Å². The molecule has 84 valence electrons. The molecule has 1 aromatic carbocycles. The molecule has 0 saturated heterocycles. The van der Waals surface area contributed by atoms with Gasteiger partial charge in [0.05, 0.1) is 16.3 Å². The number of rotatable bonds is 1. The molecule has 0 spiro atoms. The quantitative estimate of drug-likeness (QED) is 0.590. The van der Waals surface area contributed by atoms with Gasteiger partial charge in [-0.05, 0) is 6.07 Å². The molecule has 7 heteroatoms. The highest BCUT2D eigenvalue weighted by atomic mass is 35.5. The van der Waals surface area contributed by atoms with Crippen LogP contribution in [0.1, 0.15) is 17.6 Å². The first kappa shape index (κ1) is 12.0. The molecule has 0 heterocycles. The molecule has 0 atom stereocenters. The number of nitrogens with two attached hydrogens (primary N) is 1. The van der Waals surface area contributed by atoms with Crippen molar-refractivity contribution in [1.29, 1.82) is 0 Å². The summed E-state index contributed by atoms with van der Waals surface area (Å²) < 4.78 is 61.7. The molecule has 0 saturated carbocycles. The highest BCUT2D eigenvalue weighted by Gasteiger charge is 2.38. The smallest absolute Gasteiger partial charge is 0.398 e. The number of alkyl halides is 5. The third kappa shape index (κ3) is 2.31. The van der Waals surface area contributed by atoms with E-state index < -0.39 is 28.8 Å². The van der Waals surface area contributed by atoms with Crippen molar-refractivity contribution in [1.82, 2.24) is 0 Å². The topological polar surface area (TPSA) is 26.0 Å². The average molecular weight is 246 g/mol. The number of benzene rings is 1. The summed E-state index contributed by atoms with van der Waals surface area (Å²) in [4.78, 5) is 0. The predicted octanol–water partition coefficient (Wildman–Crippen LogP) is 3.88. The molecule has 0 aliphatic rings. The second-order valence-corrected chi connectivity index (χ2v) is 3.11. The van der Waals surface area contributed by atoms with Gasteiger partial charge in [0, 0.05) is 5.56 Å². The molecule has 15 heavy (non-hydrogen) atoms. The Morgan fingerprint density at radius 1 is 1.20 bits per heavy atom. The molecule has 0 aromatic heterocycles. The van der Waals surface area contributed by atoms with Crippen LogP contribution in [-0.4, -0.2) is 0 Å². The van der Waals surface area contributed by atoms with Crippen LogP contribution in [0, 0.1) is 0 Å². The van der Waals surface area contributed by atoms with Crippen LogP contribution in [0.2, 0.25) is 5.02 Å². The Hall–Kier alpha value is -1.04. The summed E-state index contributed by atoms with van der Waals surface area (Å²) in [6.07, 6.45) is -8.20. The molecular weight excluding hydrogens is 241 g/mol. The minimum Gasteiger partial charge on any atom is -0.398 e. The van der Waals surface area contributed by atoms with E-state index in [2.05, 4.69) is 0 Å². The van der Waals surface area contributed by atoms with Gasteiger partial charge in [-0.25, -0.2) is 8.78 Å². The van der Waals surface area contributed by atoms with Gasteiger partial charge in [-0.3, -0.25) is 0 Å². The predicted molar refractivity (Wildman–Crippen MR) is 45.8 cm³/mol. The van der Waals surface area contributed by atoms with Crippen LogP contribution >= 0.6 is 11.6 Å². The van der Waals surface area contributed by atoms with Gasteiger partial charge >= 0.3 is 6.18 Å². The Balaban J connectivity index is 3.49. The summed E-state index contributed by atoms with van der Waals surface area (Å²) in [6, 6.07) is 1.54. The van der Waals surface area contributed by atoms with Gasteiger partial charge in [0.2, 0.25) is 0 Å². The summed E-state index contributed by atoms with van der Waals surface area (Å²) in [6.45, 7) is 0. The van der Waals surface area contributed by atoms with Gasteiger partial charge in [-0.15, -0.1) is 0 Å². The van der Waals surface area contributed by atoms with Crippen molar-refractivity contribution in [3.8, 4) is 0 Å². The van der Waals surface area contributed by atoms with E-state index in [4.69, 9.17) is 17.3 Å². The lowest BCUT2D eigenvalue weighted by molar-refractivity contribution is -0.139. The normalized spacial score (nSPS) is 12.2. The first-order valence-electron chi connectivity index (χ1n) is 3.68. The summed E-state index contributed by atoms with van der Waals surface area (Å²) in [5, 5.41) is -0.889. The molecule has 0 fully saturated rings. The zero-order valence-electron chi connectivity index (χ0n) is 7.08. The zero-order valence-corrected chi connectivity index (χ0v) is 7.83. The van der Waals surface area contributed by atoms with E-state index >= 15 is 0 Å². The summed E-state index contributed by atoms with van der Waals surface area (Å²) in [5.74, 6) is 0. The highest BCUT2D eigenvalue weighted by molar-refractivity contribution is 6.34. The number of hydrogen-bond acceptors (Lipinski definition) is 1. The minimum absolute atomic E-state index is 0.381. The SMILES string of the molecule is Nc1ccc(C(F)F)c(C(F)(F)F)c1Cl. The van der Waals surface area contributed by atoms with E-state index in [9.17, 15) is 22.0 Å². The van der Waals surface area contributed by atoms with Crippen LogP contribution < -0.4 is 5.73 Å². The maximum absolute atomic E-state index is 12.4. The lowest BCUT2D eigenvalue weighted by atomic mass is 10.1. The van der Waals surface area contributed by atoms with Crippen LogP contribution in [0.3, 0.4) is 0 Å². The van der Waals surface area contributed by atoms with E-state index in [0.29, 0.717) is 6.07 Å². The Kier molecular flexibility index (Phi) is 3.08. The molecule has 1 rings (SSSR count). The summed E-state index contributed by atoms with van der Waals surface area (Å²) >= 11 is 5.25. The largest absolute Gasteiger partial charge is 0.418 e. The summed E-state index contributed by atoms with van der Waals surface area (Å²) in [5.41, 5.74) is 1.99. The average Bonchev–Trinajstić information content (AvgIpc) is 2.06. The number of halogens is 6. The van der Waals surface area contributed by atoms with Gasteiger partial charge < -0.3 is 5.73 Å². The van der Waals surface area contributed by atoms with Crippen molar-refractivity contribution in [2.45, 2.75) is 12.6 Å². The van der Waals surface area contributed by atoms with Crippen LogP contribution in [0.15, 0.2) is 12.1 Å². The standard InChI is InChI=1S/C8H5ClF5N/c9-6-4(15)2-1-3(7(10)11)5(6)8(12,13)14/h1-2,7H,15H2. The van der Waals surface area contributed by atoms with Crippen molar-refractivity contribution in [3.63, 3.8) is 0 Å². The van der Waals surface area contributed by atoms with E-state index in [0.717, 1.165) is 6.07 Å². The van der Waals surface area contributed by atoms with Crippen LogP contribution in [0.5, 0.6) is 0 Å². The van der Waals surface area contributed by atoms with E-state index in [1.807, 2.05) is 0 Å². The van der Waals surface area contributed by atoms with Crippen molar-refractivity contribution >= 4 is 17.3 Å². The number of hydrogen-bond donors (Lipinski definition) is 1.